The number of hydrogen-bond donors (Lipinski definition) is 1. The molecule has 5 nitrogen and oxygen atoms in total. The number of hydrogen-bond acceptors (Lipinski definition) is 4. The summed E-state index contributed by atoms with van der Waals surface area (Å²) in [5.41, 5.74) is 3.99. The highest BCUT2D eigenvalue weighted by atomic mass is 35.5. The highest BCUT2D eigenvalue weighted by Crippen LogP contribution is 2.27. The molecular weight excluding hydrogens is 417 g/mol. The molecular formula is C24H27ClFN3O2. The molecule has 0 aliphatic carbocycles. The van der Waals surface area contributed by atoms with Gasteiger partial charge in [-0.25, -0.2) is 4.39 Å². The lowest BCUT2D eigenvalue weighted by atomic mass is 10.0. The van der Waals surface area contributed by atoms with E-state index in [1.54, 1.807) is 13.2 Å². The number of nitrogens with one attached hydrogen (secondary N) is 1. The molecule has 0 bridgehead atoms. The molecule has 0 saturated carbocycles. The number of likely N-dealkylation sites (tertiary alicyclic amines) is 1. The van der Waals surface area contributed by atoms with Crippen LogP contribution < -0.4 is 4.74 Å². The minimum absolute atomic E-state index is 0. The van der Waals surface area contributed by atoms with Gasteiger partial charge in [0, 0.05) is 35.1 Å². The Kier molecular flexibility index (Phi) is 6.49. The van der Waals surface area contributed by atoms with Gasteiger partial charge in [0.2, 0.25) is 0 Å². The predicted molar refractivity (Wildman–Crippen MR) is 123 cm³/mol. The highest BCUT2D eigenvalue weighted by Gasteiger charge is 2.24. The van der Waals surface area contributed by atoms with E-state index in [4.69, 9.17) is 9.26 Å². The summed E-state index contributed by atoms with van der Waals surface area (Å²) in [6, 6.07) is 10.8. The van der Waals surface area contributed by atoms with Crippen LogP contribution in [0.25, 0.3) is 21.9 Å². The number of halogens is 2. The number of nitrogens with zero attached hydrogens (tertiary/aromatic N) is 2. The van der Waals surface area contributed by atoms with Crippen LogP contribution in [0.3, 0.4) is 0 Å². The number of ether oxygens (including phenoxy) is 1. The van der Waals surface area contributed by atoms with E-state index in [1.807, 2.05) is 6.07 Å². The van der Waals surface area contributed by atoms with E-state index in [9.17, 15) is 4.39 Å². The Hall–Kier alpha value is -2.57. The van der Waals surface area contributed by atoms with Gasteiger partial charge >= 0.3 is 0 Å². The maximum atomic E-state index is 13.3. The maximum Gasteiger partial charge on any atom is 0.170 e. The average Bonchev–Trinajstić information content (AvgIpc) is 3.47. The van der Waals surface area contributed by atoms with Gasteiger partial charge < -0.3 is 19.1 Å². The van der Waals surface area contributed by atoms with Gasteiger partial charge in [-0.3, -0.25) is 0 Å². The van der Waals surface area contributed by atoms with Gasteiger partial charge in [0.25, 0.3) is 0 Å². The number of rotatable bonds is 7. The number of H-pyrrole nitrogens is 1. The van der Waals surface area contributed by atoms with Crippen molar-refractivity contribution in [2.75, 3.05) is 26.7 Å². The van der Waals surface area contributed by atoms with E-state index < -0.39 is 0 Å². The van der Waals surface area contributed by atoms with Crippen LogP contribution in [0.5, 0.6) is 5.75 Å². The number of benzene rings is 2. The number of aromatic nitrogens is 2. The molecule has 1 aliphatic heterocycles. The van der Waals surface area contributed by atoms with Crippen LogP contribution in [0.4, 0.5) is 4.39 Å². The zero-order valence-corrected chi connectivity index (χ0v) is 18.4. The molecule has 0 spiro atoms. The van der Waals surface area contributed by atoms with Crippen LogP contribution in [-0.2, 0) is 12.8 Å². The van der Waals surface area contributed by atoms with E-state index in [1.165, 1.54) is 29.5 Å². The summed E-state index contributed by atoms with van der Waals surface area (Å²) in [6.07, 6.45) is 6.35. The third-order valence-corrected chi connectivity index (χ3v) is 6.26. The molecule has 3 heterocycles. The van der Waals surface area contributed by atoms with Gasteiger partial charge in [0.05, 0.1) is 12.8 Å². The SMILES string of the molecule is COc1ccc2[nH]cc(CCCN3CCC(Cc4noc5cc(F)ccc45)C3)c2c1.Cl. The highest BCUT2D eigenvalue weighted by molar-refractivity contribution is 5.85. The molecule has 1 atom stereocenters. The van der Waals surface area contributed by atoms with Crippen LogP contribution in [0, 0.1) is 11.7 Å². The number of aromatic amines is 1. The molecule has 1 unspecified atom stereocenters. The number of methoxy groups -OCH3 is 1. The second-order valence-electron chi connectivity index (χ2n) is 8.26. The number of fused-ring (bicyclic) bond motifs is 2. The van der Waals surface area contributed by atoms with Gasteiger partial charge in [0.1, 0.15) is 11.6 Å². The number of aryl methyl sites for hydroxylation is 1. The Labute approximate surface area is 186 Å². The van der Waals surface area contributed by atoms with Gasteiger partial charge in [-0.2, -0.15) is 0 Å². The standard InChI is InChI=1S/C24H26FN3O2.ClH/c1-29-19-5-7-22-21(13-19)17(14-26-22)3-2-9-28-10-8-16(15-28)11-23-20-6-4-18(25)12-24(20)30-27-23;/h4-7,12-14,16,26H,2-3,8-11,15H2,1H3;1H. The van der Waals surface area contributed by atoms with Gasteiger partial charge in [-0.1, -0.05) is 5.16 Å². The average molecular weight is 444 g/mol. The van der Waals surface area contributed by atoms with Gasteiger partial charge in [0.15, 0.2) is 5.58 Å². The minimum Gasteiger partial charge on any atom is -0.497 e. The molecule has 0 radical (unpaired) electrons. The third-order valence-electron chi connectivity index (χ3n) is 6.26. The molecule has 164 valence electrons. The molecule has 4 aromatic rings. The van der Waals surface area contributed by atoms with E-state index in [0.29, 0.717) is 11.5 Å². The topological polar surface area (TPSA) is 54.3 Å². The summed E-state index contributed by atoms with van der Waals surface area (Å²) in [5.74, 6) is 1.18. The zero-order chi connectivity index (χ0) is 20.5. The van der Waals surface area contributed by atoms with Crippen LogP contribution >= 0.6 is 12.4 Å². The van der Waals surface area contributed by atoms with Crippen LogP contribution in [0.15, 0.2) is 47.1 Å². The van der Waals surface area contributed by atoms with Crippen LogP contribution in [0.2, 0.25) is 0 Å². The molecule has 0 amide bonds. The Morgan fingerprint density at radius 1 is 1.23 bits per heavy atom. The van der Waals surface area contributed by atoms with Crippen molar-refractivity contribution in [2.45, 2.75) is 25.7 Å². The lowest BCUT2D eigenvalue weighted by Gasteiger charge is -2.15. The normalized spacial score (nSPS) is 16.8. The third kappa shape index (κ3) is 4.55. The van der Waals surface area contributed by atoms with Crippen molar-refractivity contribution < 1.29 is 13.7 Å². The molecule has 2 aromatic heterocycles. The van der Waals surface area contributed by atoms with Crippen molar-refractivity contribution in [1.29, 1.82) is 0 Å². The molecule has 5 rings (SSSR count). The van der Waals surface area contributed by atoms with E-state index in [-0.39, 0.29) is 18.2 Å². The second kappa shape index (κ2) is 9.28. The lowest BCUT2D eigenvalue weighted by molar-refractivity contribution is 0.318. The fourth-order valence-electron chi connectivity index (χ4n) is 4.65. The van der Waals surface area contributed by atoms with Crippen molar-refractivity contribution in [3.05, 3.63) is 59.7 Å². The fourth-order valence-corrected chi connectivity index (χ4v) is 4.65. The second-order valence-corrected chi connectivity index (χ2v) is 8.26. The Balaban J connectivity index is 0.00000231. The molecule has 1 saturated heterocycles. The van der Waals surface area contributed by atoms with Crippen LogP contribution in [0.1, 0.15) is 24.1 Å². The van der Waals surface area contributed by atoms with E-state index >= 15 is 0 Å². The predicted octanol–water partition coefficient (Wildman–Crippen LogP) is 5.38. The van der Waals surface area contributed by atoms with Crippen molar-refractivity contribution in [3.63, 3.8) is 0 Å². The fraction of sp³-hybridized carbons (Fsp3) is 0.375. The van der Waals surface area contributed by atoms with Gasteiger partial charge in [-0.15, -0.1) is 12.4 Å². The van der Waals surface area contributed by atoms with E-state index in [0.717, 1.165) is 61.2 Å². The molecule has 1 fully saturated rings. The smallest absolute Gasteiger partial charge is 0.170 e. The summed E-state index contributed by atoms with van der Waals surface area (Å²) in [6.45, 7) is 3.30. The Morgan fingerprint density at radius 3 is 3.00 bits per heavy atom. The first-order chi connectivity index (χ1) is 14.7. The molecule has 7 heteroatoms. The Morgan fingerprint density at radius 2 is 2.13 bits per heavy atom. The summed E-state index contributed by atoms with van der Waals surface area (Å²) in [4.78, 5) is 5.90. The van der Waals surface area contributed by atoms with Crippen molar-refractivity contribution in [2.24, 2.45) is 5.92 Å². The van der Waals surface area contributed by atoms with Crippen LogP contribution in [-0.4, -0.2) is 41.8 Å². The molecule has 31 heavy (non-hydrogen) atoms. The van der Waals surface area contributed by atoms with Crippen molar-refractivity contribution in [3.8, 4) is 5.75 Å². The first-order valence-corrected chi connectivity index (χ1v) is 10.6. The summed E-state index contributed by atoms with van der Waals surface area (Å²) >= 11 is 0. The lowest BCUT2D eigenvalue weighted by Crippen LogP contribution is -2.22. The first-order valence-electron chi connectivity index (χ1n) is 10.6. The Bertz CT molecular complexity index is 1170. The zero-order valence-electron chi connectivity index (χ0n) is 17.6. The first kappa shape index (κ1) is 21.7. The maximum absolute atomic E-state index is 13.3. The summed E-state index contributed by atoms with van der Waals surface area (Å²) in [5, 5.41) is 6.38. The molecule has 1 aliphatic rings. The van der Waals surface area contributed by atoms with Crippen molar-refractivity contribution >= 4 is 34.3 Å². The van der Waals surface area contributed by atoms with E-state index in [2.05, 4.69) is 33.4 Å². The molecule has 1 N–H and O–H groups in total. The summed E-state index contributed by atoms with van der Waals surface area (Å²) in [7, 11) is 1.71. The quantitative estimate of drug-likeness (QED) is 0.417. The monoisotopic (exact) mass is 443 g/mol. The van der Waals surface area contributed by atoms with Crippen molar-refractivity contribution in [1.82, 2.24) is 15.0 Å². The minimum atomic E-state index is -0.286. The molecule has 2 aromatic carbocycles. The van der Waals surface area contributed by atoms with Gasteiger partial charge in [-0.05, 0) is 80.6 Å². The largest absolute Gasteiger partial charge is 0.497 e. The summed E-state index contributed by atoms with van der Waals surface area (Å²) < 4.78 is 24.0.